The zero-order chi connectivity index (χ0) is 6.43. The van der Waals surface area contributed by atoms with Crippen LogP contribution in [0.5, 0.6) is 0 Å². The molecule has 0 spiro atoms. The molecule has 2 aliphatic rings. The number of nitrogens with zero attached hydrogens (tertiary/aromatic N) is 1. The minimum absolute atomic E-state index is 0.0602. The Labute approximate surface area is 52.6 Å². The summed E-state index contributed by atoms with van der Waals surface area (Å²) in [5.74, 6) is 0.169. The lowest BCUT2D eigenvalue weighted by Gasteiger charge is -2.48. The molecule has 1 N–H and O–H groups in total. The Morgan fingerprint density at radius 1 is 1.67 bits per heavy atom. The summed E-state index contributed by atoms with van der Waals surface area (Å²) < 4.78 is 0. The second-order valence-corrected chi connectivity index (χ2v) is 2.35. The van der Waals surface area contributed by atoms with E-state index in [1.165, 1.54) is 4.90 Å². The molecule has 1 aliphatic carbocycles. The normalized spacial score (nSPS) is 37.4. The summed E-state index contributed by atoms with van der Waals surface area (Å²) in [6, 6.07) is 0.225. The highest BCUT2D eigenvalue weighted by molar-refractivity contribution is 5.90. The van der Waals surface area contributed by atoms with Crippen molar-refractivity contribution in [3.63, 3.8) is 0 Å². The number of likely N-dealkylation sites (tertiary alicyclic amines) is 1. The van der Waals surface area contributed by atoms with Crippen molar-refractivity contribution in [1.29, 1.82) is 0 Å². The van der Waals surface area contributed by atoms with Crippen LogP contribution in [0.15, 0.2) is 12.2 Å². The Morgan fingerprint density at radius 3 is 2.67 bits per heavy atom. The molecule has 0 aromatic heterocycles. The molecule has 1 heterocycles. The lowest BCUT2D eigenvalue weighted by Crippen LogP contribution is -2.63. The van der Waals surface area contributed by atoms with Gasteiger partial charge in [-0.05, 0) is 0 Å². The molecule has 0 saturated carbocycles. The predicted molar refractivity (Wildman–Crippen MR) is 30.3 cm³/mol. The maximum absolute atomic E-state index is 10.8. The van der Waals surface area contributed by atoms with E-state index in [4.69, 9.17) is 5.11 Å². The van der Waals surface area contributed by atoms with Gasteiger partial charge in [-0.3, -0.25) is 4.79 Å². The third-order valence-electron chi connectivity index (χ3n) is 1.96. The van der Waals surface area contributed by atoms with Crippen LogP contribution < -0.4 is 0 Å². The number of rotatable bonds is 1. The number of hydrogen-bond acceptors (Lipinski definition) is 2. The van der Waals surface area contributed by atoms with E-state index in [-0.39, 0.29) is 24.6 Å². The molecule has 0 radical (unpaired) electrons. The Morgan fingerprint density at radius 2 is 2.44 bits per heavy atom. The van der Waals surface area contributed by atoms with Gasteiger partial charge in [0.1, 0.15) is 6.73 Å². The first-order valence-corrected chi connectivity index (χ1v) is 2.94. The van der Waals surface area contributed by atoms with Gasteiger partial charge in [-0.25, -0.2) is 0 Å². The second kappa shape index (κ2) is 1.36. The van der Waals surface area contributed by atoms with Crippen molar-refractivity contribution < 1.29 is 9.90 Å². The van der Waals surface area contributed by atoms with E-state index < -0.39 is 0 Å². The Balaban J connectivity index is 2.15. The van der Waals surface area contributed by atoms with Gasteiger partial charge in [0.15, 0.2) is 0 Å². The average Bonchev–Trinajstić information content (AvgIpc) is 1.79. The zero-order valence-corrected chi connectivity index (χ0v) is 4.82. The molecule has 48 valence electrons. The molecule has 0 bridgehead atoms. The Bertz CT molecular complexity index is 187. The minimum atomic E-state index is -0.135. The third kappa shape index (κ3) is 0.390. The highest BCUT2D eigenvalue weighted by atomic mass is 16.3. The Kier molecular flexibility index (Phi) is 0.754. The van der Waals surface area contributed by atoms with Crippen LogP contribution in [0.4, 0.5) is 0 Å². The summed E-state index contributed by atoms with van der Waals surface area (Å²) in [5.41, 5.74) is 0. The quantitative estimate of drug-likeness (QED) is 0.373. The number of hydrogen-bond donors (Lipinski definition) is 1. The van der Waals surface area contributed by atoms with E-state index in [1.807, 2.05) is 12.2 Å². The van der Waals surface area contributed by atoms with Gasteiger partial charge in [0.05, 0.1) is 12.0 Å². The van der Waals surface area contributed by atoms with Crippen molar-refractivity contribution in [1.82, 2.24) is 4.90 Å². The summed E-state index contributed by atoms with van der Waals surface area (Å²) in [4.78, 5) is 12.2. The molecule has 3 nitrogen and oxygen atoms in total. The van der Waals surface area contributed by atoms with E-state index in [1.54, 1.807) is 0 Å². The van der Waals surface area contributed by atoms with Crippen molar-refractivity contribution in [2.75, 3.05) is 6.73 Å². The fourth-order valence-corrected chi connectivity index (χ4v) is 1.27. The highest BCUT2D eigenvalue weighted by Gasteiger charge is 2.48. The molecule has 1 amide bonds. The highest BCUT2D eigenvalue weighted by Crippen LogP contribution is 2.35. The van der Waals surface area contributed by atoms with Crippen molar-refractivity contribution in [2.24, 2.45) is 5.92 Å². The van der Waals surface area contributed by atoms with E-state index in [9.17, 15) is 4.79 Å². The van der Waals surface area contributed by atoms with Gasteiger partial charge in [-0.15, -0.1) is 0 Å². The lowest BCUT2D eigenvalue weighted by atomic mass is 9.79. The summed E-state index contributed by atoms with van der Waals surface area (Å²) in [6.07, 6.45) is 3.81. The molecule has 2 atom stereocenters. The zero-order valence-electron chi connectivity index (χ0n) is 4.82. The molecule has 1 fully saturated rings. The number of aliphatic hydroxyl groups is 1. The first kappa shape index (κ1) is 4.99. The van der Waals surface area contributed by atoms with Crippen LogP contribution in [0.3, 0.4) is 0 Å². The van der Waals surface area contributed by atoms with Gasteiger partial charge in [0.2, 0.25) is 5.91 Å². The number of carbonyl (C=O) groups excluding carboxylic acids is 1. The number of fused-ring (bicyclic) bond motifs is 1. The molecule has 3 heteroatoms. The monoisotopic (exact) mass is 125 g/mol. The fraction of sp³-hybridized carbons (Fsp3) is 0.500. The summed E-state index contributed by atoms with van der Waals surface area (Å²) in [7, 11) is 0. The number of aliphatic hydroxyl groups excluding tert-OH is 1. The van der Waals surface area contributed by atoms with E-state index in [2.05, 4.69) is 0 Å². The summed E-state index contributed by atoms with van der Waals surface area (Å²) >= 11 is 0. The van der Waals surface area contributed by atoms with Crippen molar-refractivity contribution >= 4 is 5.91 Å². The maximum Gasteiger partial charge on any atom is 0.234 e. The maximum atomic E-state index is 10.8. The van der Waals surface area contributed by atoms with Crippen molar-refractivity contribution in [3.05, 3.63) is 12.2 Å². The van der Waals surface area contributed by atoms with Crippen molar-refractivity contribution in [3.8, 4) is 0 Å². The van der Waals surface area contributed by atoms with Crippen LogP contribution in [0, 0.1) is 5.92 Å². The van der Waals surface area contributed by atoms with Gasteiger partial charge < -0.3 is 10.0 Å². The van der Waals surface area contributed by atoms with Crippen LogP contribution in [0.25, 0.3) is 0 Å². The summed E-state index contributed by atoms with van der Waals surface area (Å²) in [5, 5.41) is 8.55. The van der Waals surface area contributed by atoms with Crippen LogP contribution in [-0.2, 0) is 4.79 Å². The van der Waals surface area contributed by atoms with E-state index in [0.29, 0.717) is 0 Å². The van der Waals surface area contributed by atoms with Gasteiger partial charge in [-0.2, -0.15) is 0 Å². The molecule has 1 aliphatic heterocycles. The van der Waals surface area contributed by atoms with Crippen LogP contribution in [0.1, 0.15) is 0 Å². The number of amides is 1. The van der Waals surface area contributed by atoms with Gasteiger partial charge in [0.25, 0.3) is 0 Å². The number of β-lactam (4-membered cyclic amide) rings is 1. The van der Waals surface area contributed by atoms with Gasteiger partial charge >= 0.3 is 0 Å². The second-order valence-electron chi connectivity index (χ2n) is 2.35. The fourth-order valence-electron chi connectivity index (χ4n) is 1.27. The van der Waals surface area contributed by atoms with Crippen LogP contribution >= 0.6 is 0 Å². The Hall–Kier alpha value is -0.830. The summed E-state index contributed by atoms with van der Waals surface area (Å²) in [6.45, 7) is -0.135. The molecular formula is C6H7NO2. The minimum Gasteiger partial charge on any atom is -0.376 e. The van der Waals surface area contributed by atoms with E-state index >= 15 is 0 Å². The largest absolute Gasteiger partial charge is 0.376 e. The predicted octanol–water partition coefficient (Wildman–Crippen LogP) is -0.667. The third-order valence-corrected chi connectivity index (χ3v) is 1.96. The van der Waals surface area contributed by atoms with Crippen LogP contribution in [0.2, 0.25) is 0 Å². The topological polar surface area (TPSA) is 40.5 Å². The average molecular weight is 125 g/mol. The van der Waals surface area contributed by atoms with Gasteiger partial charge in [0, 0.05) is 0 Å². The molecule has 2 rings (SSSR count). The van der Waals surface area contributed by atoms with E-state index in [0.717, 1.165) is 0 Å². The number of carbonyl (C=O) groups is 1. The smallest absolute Gasteiger partial charge is 0.234 e. The molecular weight excluding hydrogens is 118 g/mol. The first-order valence-electron chi connectivity index (χ1n) is 2.94. The SMILES string of the molecule is O=C1C2C=C[C@H]2N1CO. The van der Waals surface area contributed by atoms with Crippen LogP contribution in [-0.4, -0.2) is 28.7 Å². The molecule has 0 aromatic carbocycles. The van der Waals surface area contributed by atoms with Crippen molar-refractivity contribution in [2.45, 2.75) is 6.04 Å². The molecule has 1 unspecified atom stereocenters. The lowest BCUT2D eigenvalue weighted by molar-refractivity contribution is -0.158. The molecule has 9 heavy (non-hydrogen) atoms. The molecule has 0 aromatic rings. The standard InChI is InChI=1S/C6H7NO2/c8-3-7-5-2-1-4(5)6(7)9/h1-2,4-5,8H,3H2/t4?,5-/m1/s1. The van der Waals surface area contributed by atoms with Gasteiger partial charge in [-0.1, -0.05) is 12.2 Å². The molecule has 1 saturated heterocycles. The first-order chi connectivity index (χ1) is 4.34.